The highest BCUT2D eigenvalue weighted by molar-refractivity contribution is 5.77. The zero-order chi connectivity index (χ0) is 41.0. The third-order valence-electron chi connectivity index (χ3n) is 9.86. The Bertz CT molecular complexity index is 1100. The molecule has 0 rings (SSSR count). The number of aliphatic hydroxyl groups is 2. The van der Waals surface area contributed by atoms with Crippen molar-refractivity contribution in [3.8, 4) is 0 Å². The van der Waals surface area contributed by atoms with Gasteiger partial charge in [0.15, 0.2) is 0 Å². The maximum atomic E-state index is 13.1. The van der Waals surface area contributed by atoms with Crippen molar-refractivity contribution in [3.63, 3.8) is 0 Å². The molecule has 0 saturated heterocycles. The molecule has 0 aromatic carbocycles. The molecule has 0 aromatic heterocycles. The molecule has 0 spiro atoms. The first-order valence-electron chi connectivity index (χ1n) is 22.9. The molecule has 0 fully saturated rings. The number of allylic oxidation sites excluding steroid dienone is 14. The normalized spacial score (nSPS) is 14.2. The van der Waals surface area contributed by atoms with Gasteiger partial charge in [0.1, 0.15) is 6.10 Å². The number of esters is 1. The van der Waals surface area contributed by atoms with Gasteiger partial charge in [0.25, 0.3) is 0 Å². The summed E-state index contributed by atoms with van der Waals surface area (Å²) in [4.78, 5) is 26.0. The van der Waals surface area contributed by atoms with Gasteiger partial charge in [-0.1, -0.05) is 202 Å². The first kappa shape index (κ1) is 53.0. The van der Waals surface area contributed by atoms with Crippen LogP contribution in [0.4, 0.5) is 0 Å². The molecule has 0 aromatic rings. The second-order valence-electron chi connectivity index (χ2n) is 15.2. The summed E-state index contributed by atoms with van der Waals surface area (Å²) in [5.74, 6) is -0.592. The zero-order valence-corrected chi connectivity index (χ0v) is 36.2. The van der Waals surface area contributed by atoms with Crippen molar-refractivity contribution in [2.45, 2.75) is 212 Å². The number of unbranched alkanes of at least 4 members (excludes halogenated alkanes) is 18. The molecule has 0 bridgehead atoms. The van der Waals surface area contributed by atoms with Crippen LogP contribution in [-0.4, -0.2) is 46.9 Å². The lowest BCUT2D eigenvalue weighted by atomic mass is 10.0. The van der Waals surface area contributed by atoms with Crippen LogP contribution in [0.15, 0.2) is 85.1 Å². The van der Waals surface area contributed by atoms with Gasteiger partial charge < -0.3 is 20.3 Å². The number of rotatable bonds is 39. The summed E-state index contributed by atoms with van der Waals surface area (Å²) in [6.07, 6.45) is 55.0. The highest BCUT2D eigenvalue weighted by atomic mass is 16.5. The highest BCUT2D eigenvalue weighted by Crippen LogP contribution is 2.16. The van der Waals surface area contributed by atoms with Crippen LogP contribution in [0.1, 0.15) is 194 Å². The van der Waals surface area contributed by atoms with E-state index in [-0.39, 0.29) is 24.9 Å². The fourth-order valence-electron chi connectivity index (χ4n) is 6.39. The Labute approximate surface area is 344 Å². The van der Waals surface area contributed by atoms with Crippen molar-refractivity contribution in [1.82, 2.24) is 5.32 Å². The van der Waals surface area contributed by atoms with Crippen LogP contribution >= 0.6 is 0 Å². The van der Waals surface area contributed by atoms with Crippen molar-refractivity contribution in [1.29, 1.82) is 0 Å². The van der Waals surface area contributed by atoms with Crippen LogP contribution in [0.3, 0.4) is 0 Å². The van der Waals surface area contributed by atoms with Crippen LogP contribution in [0.25, 0.3) is 0 Å². The molecule has 6 heteroatoms. The molecule has 0 aliphatic carbocycles. The third kappa shape index (κ3) is 37.9. The van der Waals surface area contributed by atoms with Gasteiger partial charge in [-0.3, -0.25) is 9.59 Å². The van der Waals surface area contributed by atoms with Crippen molar-refractivity contribution in [2.24, 2.45) is 0 Å². The predicted octanol–water partition coefficient (Wildman–Crippen LogP) is 13.2. The fraction of sp³-hybridized carbons (Fsp3) is 0.680. The number of ether oxygens (including phenoxy) is 1. The Morgan fingerprint density at radius 1 is 0.536 bits per heavy atom. The summed E-state index contributed by atoms with van der Waals surface area (Å²) in [5, 5.41) is 23.6. The summed E-state index contributed by atoms with van der Waals surface area (Å²) in [6.45, 7) is 6.25. The summed E-state index contributed by atoms with van der Waals surface area (Å²) in [6, 6.07) is -0.725. The van der Waals surface area contributed by atoms with E-state index in [1.54, 1.807) is 0 Å². The number of hydrogen-bond donors (Lipinski definition) is 3. The Hall–Kier alpha value is -2.96. The Morgan fingerprint density at radius 2 is 0.964 bits per heavy atom. The van der Waals surface area contributed by atoms with Gasteiger partial charge in [0, 0.05) is 6.42 Å². The molecule has 0 aliphatic rings. The molecule has 3 atom stereocenters. The second-order valence-corrected chi connectivity index (χ2v) is 15.2. The van der Waals surface area contributed by atoms with Crippen LogP contribution in [0, 0.1) is 0 Å². The molecule has 0 saturated carbocycles. The minimum atomic E-state index is -0.808. The lowest BCUT2D eigenvalue weighted by Gasteiger charge is -2.24. The number of aliphatic hydroxyl groups excluding tert-OH is 2. The molecule has 3 N–H and O–H groups in total. The predicted molar refractivity (Wildman–Crippen MR) is 241 cm³/mol. The van der Waals surface area contributed by atoms with Crippen molar-refractivity contribution < 1.29 is 24.5 Å². The number of nitrogens with one attached hydrogen (secondary N) is 1. The number of hydrogen-bond acceptors (Lipinski definition) is 5. The number of carbonyl (C=O) groups is 2. The second kappa shape index (κ2) is 43.2. The van der Waals surface area contributed by atoms with Crippen LogP contribution in [0.2, 0.25) is 0 Å². The molecule has 320 valence electrons. The smallest absolute Gasteiger partial charge is 0.306 e. The standard InChI is InChI=1S/C50H85NO5/c1-4-7-10-13-16-19-22-24-27-29-32-35-38-41-46(56-50(55)43-40-37-34-31-28-25-23-20-17-14-11-8-5-2)44-49(54)51-47(45-52)48(53)42-39-36-33-30-26-21-18-15-12-9-6-3/h8,11,14,16-17,19-20,22-25,28,31,34,46-48,52-53H,4-7,9-10,12-13,15,18,21,26-27,29-30,32-33,35-45H2,1-3H3,(H,51,54)/b11-8+,17-14+,19-16+,23-20-,24-22+,28-25-,34-31+. The van der Waals surface area contributed by atoms with Gasteiger partial charge in [-0.05, 0) is 64.2 Å². The molecule has 0 radical (unpaired) electrons. The SMILES string of the molecule is CC/C=C/C=C/C=C\C=C/C=C/CCCC(=O)OC(CCCCCC/C=C/C=C/CCCCC)CC(=O)NC(CO)C(O)CCCCCCCCCCCCC. The zero-order valence-electron chi connectivity index (χ0n) is 36.2. The summed E-state index contributed by atoms with van der Waals surface area (Å²) >= 11 is 0. The first-order valence-corrected chi connectivity index (χ1v) is 22.9. The average Bonchev–Trinajstić information content (AvgIpc) is 3.19. The van der Waals surface area contributed by atoms with E-state index in [4.69, 9.17) is 4.74 Å². The highest BCUT2D eigenvalue weighted by Gasteiger charge is 2.24. The minimum Gasteiger partial charge on any atom is -0.462 e. The van der Waals surface area contributed by atoms with Crippen LogP contribution in [0.5, 0.6) is 0 Å². The lowest BCUT2D eigenvalue weighted by Crippen LogP contribution is -2.46. The van der Waals surface area contributed by atoms with Gasteiger partial charge in [0.05, 0.1) is 25.2 Å². The van der Waals surface area contributed by atoms with E-state index in [1.165, 1.54) is 70.6 Å². The van der Waals surface area contributed by atoms with E-state index < -0.39 is 18.2 Å². The Morgan fingerprint density at radius 3 is 1.52 bits per heavy atom. The average molecular weight is 780 g/mol. The van der Waals surface area contributed by atoms with E-state index >= 15 is 0 Å². The van der Waals surface area contributed by atoms with E-state index in [1.807, 2.05) is 54.7 Å². The molecule has 0 aliphatic heterocycles. The molecular weight excluding hydrogens is 695 g/mol. The van der Waals surface area contributed by atoms with Crippen molar-refractivity contribution in [2.75, 3.05) is 6.61 Å². The van der Waals surface area contributed by atoms with Crippen molar-refractivity contribution in [3.05, 3.63) is 85.1 Å². The topological polar surface area (TPSA) is 95.9 Å². The molecule has 3 unspecified atom stereocenters. The van der Waals surface area contributed by atoms with E-state index in [0.29, 0.717) is 25.7 Å². The van der Waals surface area contributed by atoms with E-state index in [9.17, 15) is 19.8 Å². The van der Waals surface area contributed by atoms with Gasteiger partial charge >= 0.3 is 5.97 Å². The van der Waals surface area contributed by atoms with E-state index in [2.05, 4.69) is 56.5 Å². The fourth-order valence-corrected chi connectivity index (χ4v) is 6.39. The summed E-state index contributed by atoms with van der Waals surface area (Å²) < 4.78 is 5.85. The molecule has 1 amide bonds. The van der Waals surface area contributed by atoms with Gasteiger partial charge in [-0.25, -0.2) is 0 Å². The van der Waals surface area contributed by atoms with E-state index in [0.717, 1.165) is 70.6 Å². The van der Waals surface area contributed by atoms with Gasteiger partial charge in [-0.2, -0.15) is 0 Å². The molecule has 56 heavy (non-hydrogen) atoms. The van der Waals surface area contributed by atoms with Gasteiger partial charge in [-0.15, -0.1) is 0 Å². The lowest BCUT2D eigenvalue weighted by molar-refractivity contribution is -0.151. The van der Waals surface area contributed by atoms with Gasteiger partial charge in [0.2, 0.25) is 5.91 Å². The Kier molecular flexibility index (Phi) is 40.9. The molecule has 6 nitrogen and oxygen atoms in total. The van der Waals surface area contributed by atoms with Crippen LogP contribution < -0.4 is 5.32 Å². The first-order chi connectivity index (χ1) is 27.5. The summed E-state index contributed by atoms with van der Waals surface area (Å²) in [7, 11) is 0. The maximum absolute atomic E-state index is 13.1. The Balaban J connectivity index is 4.78. The van der Waals surface area contributed by atoms with Crippen molar-refractivity contribution >= 4 is 11.9 Å². The molecular formula is C50H85NO5. The maximum Gasteiger partial charge on any atom is 0.306 e. The quantitative estimate of drug-likeness (QED) is 0.0328. The largest absolute Gasteiger partial charge is 0.462 e. The molecule has 0 heterocycles. The minimum absolute atomic E-state index is 0.0308. The third-order valence-corrected chi connectivity index (χ3v) is 9.86. The van der Waals surface area contributed by atoms with Crippen LogP contribution in [-0.2, 0) is 14.3 Å². The number of amides is 1. The summed E-state index contributed by atoms with van der Waals surface area (Å²) in [5.41, 5.74) is 0. The number of carbonyl (C=O) groups excluding carboxylic acids is 2. The monoisotopic (exact) mass is 780 g/mol.